The summed E-state index contributed by atoms with van der Waals surface area (Å²) in [6.45, 7) is 0.869. The number of methoxy groups -OCH3 is 3. The lowest BCUT2D eigenvalue weighted by molar-refractivity contribution is 0.187. The summed E-state index contributed by atoms with van der Waals surface area (Å²) in [6.07, 6.45) is 0. The first-order valence-electron chi connectivity index (χ1n) is 8.10. The van der Waals surface area contributed by atoms with Gasteiger partial charge >= 0.3 is 0 Å². The van der Waals surface area contributed by atoms with E-state index in [1.165, 1.54) is 23.5 Å². The van der Waals surface area contributed by atoms with E-state index in [0.29, 0.717) is 29.5 Å². The van der Waals surface area contributed by atoms with Crippen LogP contribution in [0.2, 0.25) is 0 Å². The lowest BCUT2D eigenvalue weighted by atomic mass is 10.3. The van der Waals surface area contributed by atoms with Gasteiger partial charge in [0.2, 0.25) is 4.80 Å². The average Bonchev–Trinajstić information content (AvgIpc) is 3.00. The average molecular weight is 409 g/mol. The van der Waals surface area contributed by atoms with E-state index in [1.807, 2.05) is 16.7 Å². The van der Waals surface area contributed by atoms with Crippen LogP contribution in [0.5, 0.6) is 11.5 Å². The van der Waals surface area contributed by atoms with Crippen molar-refractivity contribution in [3.63, 3.8) is 0 Å². The third kappa shape index (κ3) is 4.00. The predicted octanol–water partition coefficient (Wildman–Crippen LogP) is 2.66. The second kappa shape index (κ2) is 8.12. The summed E-state index contributed by atoms with van der Waals surface area (Å²) in [5, 5.41) is 0. The molecule has 144 valence electrons. The molecule has 1 aromatic heterocycles. The summed E-state index contributed by atoms with van der Waals surface area (Å²) in [6, 6.07) is 11.8. The fourth-order valence-corrected chi connectivity index (χ4v) is 4.90. The maximum Gasteiger partial charge on any atom is 0.285 e. The van der Waals surface area contributed by atoms with Crippen LogP contribution in [0.15, 0.2) is 51.8 Å². The number of ether oxygens (including phenoxy) is 3. The van der Waals surface area contributed by atoms with Crippen LogP contribution in [-0.4, -0.2) is 40.9 Å². The molecule has 0 unspecified atom stereocenters. The number of benzene rings is 2. The van der Waals surface area contributed by atoms with Crippen molar-refractivity contribution >= 4 is 31.6 Å². The van der Waals surface area contributed by atoms with Crippen LogP contribution in [0.4, 0.5) is 0 Å². The monoisotopic (exact) mass is 408 g/mol. The Balaban J connectivity index is 2.25. The van der Waals surface area contributed by atoms with E-state index in [1.54, 1.807) is 39.5 Å². The molecule has 0 atom stereocenters. The van der Waals surface area contributed by atoms with Crippen molar-refractivity contribution in [3.05, 3.63) is 47.3 Å². The van der Waals surface area contributed by atoms with Crippen molar-refractivity contribution in [1.82, 2.24) is 4.57 Å². The summed E-state index contributed by atoms with van der Waals surface area (Å²) >= 11 is 1.27. The van der Waals surface area contributed by atoms with Crippen LogP contribution in [0.25, 0.3) is 10.2 Å². The molecular weight excluding hydrogens is 388 g/mol. The highest BCUT2D eigenvalue weighted by atomic mass is 32.2. The van der Waals surface area contributed by atoms with Gasteiger partial charge in [-0.2, -0.15) is 8.42 Å². The van der Waals surface area contributed by atoms with Gasteiger partial charge in [-0.1, -0.05) is 29.5 Å². The first-order valence-corrected chi connectivity index (χ1v) is 10.4. The van der Waals surface area contributed by atoms with Gasteiger partial charge in [0, 0.05) is 25.8 Å². The van der Waals surface area contributed by atoms with E-state index in [2.05, 4.69) is 4.40 Å². The first-order chi connectivity index (χ1) is 13.0. The van der Waals surface area contributed by atoms with Crippen LogP contribution >= 0.6 is 11.3 Å². The molecule has 3 aromatic rings. The van der Waals surface area contributed by atoms with E-state index in [9.17, 15) is 8.42 Å². The minimum atomic E-state index is -3.83. The third-order valence-corrected chi connectivity index (χ3v) is 6.38. The number of thiazole rings is 1. The first kappa shape index (κ1) is 19.4. The normalized spacial score (nSPS) is 12.5. The second-order valence-corrected chi connectivity index (χ2v) is 8.20. The summed E-state index contributed by atoms with van der Waals surface area (Å²) in [4.78, 5) is 0.511. The molecule has 0 amide bonds. The molecule has 0 radical (unpaired) electrons. The summed E-state index contributed by atoms with van der Waals surface area (Å²) < 4.78 is 48.0. The number of rotatable bonds is 7. The van der Waals surface area contributed by atoms with Gasteiger partial charge in [0.05, 0.1) is 35.9 Å². The van der Waals surface area contributed by atoms with Gasteiger partial charge < -0.3 is 18.8 Å². The van der Waals surface area contributed by atoms with E-state index >= 15 is 0 Å². The second-order valence-electron chi connectivity index (χ2n) is 5.58. The molecule has 0 fully saturated rings. The molecule has 0 aliphatic rings. The standard InChI is InChI=1S/C18H20N2O5S2/c1-23-10-9-20-14-11-15(24-2)16(25-3)12-17(14)26-18(20)19-27(21,22)13-7-5-4-6-8-13/h4-8,11-12H,9-10H2,1-3H3/b19-18-. The highest BCUT2D eigenvalue weighted by Crippen LogP contribution is 2.33. The van der Waals surface area contributed by atoms with Crippen molar-refractivity contribution in [3.8, 4) is 11.5 Å². The minimum absolute atomic E-state index is 0.149. The van der Waals surface area contributed by atoms with Crippen LogP contribution in [0, 0.1) is 0 Å². The van der Waals surface area contributed by atoms with Crippen molar-refractivity contribution in [2.24, 2.45) is 4.40 Å². The van der Waals surface area contributed by atoms with E-state index in [4.69, 9.17) is 14.2 Å². The van der Waals surface area contributed by atoms with Gasteiger partial charge in [-0.25, -0.2) is 0 Å². The van der Waals surface area contributed by atoms with Gasteiger partial charge in [-0.3, -0.25) is 0 Å². The number of hydrogen-bond acceptors (Lipinski definition) is 6. The SMILES string of the molecule is COCCn1/c(=N/S(=O)(=O)c2ccccc2)sc2cc(OC)c(OC)cc21. The highest BCUT2D eigenvalue weighted by Gasteiger charge is 2.16. The highest BCUT2D eigenvalue weighted by molar-refractivity contribution is 7.90. The zero-order chi connectivity index (χ0) is 19.4. The zero-order valence-corrected chi connectivity index (χ0v) is 16.8. The summed E-state index contributed by atoms with van der Waals surface area (Å²) in [5.74, 6) is 1.13. The Kier molecular flexibility index (Phi) is 5.83. The topological polar surface area (TPSA) is 79.1 Å². The molecule has 0 N–H and O–H groups in total. The Morgan fingerprint density at radius 3 is 2.33 bits per heavy atom. The fourth-order valence-electron chi connectivity index (χ4n) is 2.61. The van der Waals surface area contributed by atoms with Gasteiger partial charge in [-0.05, 0) is 12.1 Å². The molecule has 9 heteroatoms. The molecule has 2 aromatic carbocycles. The molecule has 0 bridgehead atoms. The number of nitrogens with zero attached hydrogens (tertiary/aromatic N) is 2. The third-order valence-electron chi connectivity index (χ3n) is 3.95. The summed E-state index contributed by atoms with van der Waals surface area (Å²) in [7, 11) is 0.878. The Bertz CT molecular complexity index is 1100. The van der Waals surface area contributed by atoms with Gasteiger partial charge in [-0.15, -0.1) is 4.40 Å². The molecule has 0 saturated heterocycles. The number of aromatic nitrogens is 1. The lowest BCUT2D eigenvalue weighted by Crippen LogP contribution is -2.19. The molecule has 7 nitrogen and oxygen atoms in total. The molecule has 0 aliphatic carbocycles. The fraction of sp³-hybridized carbons (Fsp3) is 0.278. The summed E-state index contributed by atoms with van der Waals surface area (Å²) in [5.41, 5.74) is 0.803. The molecule has 1 heterocycles. The zero-order valence-electron chi connectivity index (χ0n) is 15.2. The molecule has 3 rings (SSSR count). The Morgan fingerprint density at radius 1 is 1.04 bits per heavy atom. The predicted molar refractivity (Wildman–Crippen MR) is 104 cm³/mol. The number of sulfonamides is 1. The van der Waals surface area contributed by atoms with Crippen molar-refractivity contribution in [2.45, 2.75) is 11.4 Å². The van der Waals surface area contributed by atoms with E-state index < -0.39 is 10.0 Å². The van der Waals surface area contributed by atoms with Crippen LogP contribution in [0.3, 0.4) is 0 Å². The van der Waals surface area contributed by atoms with E-state index in [0.717, 1.165) is 10.2 Å². The number of fused-ring (bicyclic) bond motifs is 1. The van der Waals surface area contributed by atoms with Crippen molar-refractivity contribution in [2.75, 3.05) is 27.9 Å². The molecule has 27 heavy (non-hydrogen) atoms. The van der Waals surface area contributed by atoms with E-state index in [-0.39, 0.29) is 4.90 Å². The molecule has 0 spiro atoms. The Morgan fingerprint density at radius 2 is 1.70 bits per heavy atom. The van der Waals surface area contributed by atoms with Gasteiger partial charge in [0.15, 0.2) is 11.5 Å². The Labute approximate surface area is 161 Å². The van der Waals surface area contributed by atoms with Crippen LogP contribution < -0.4 is 14.3 Å². The quantitative estimate of drug-likeness (QED) is 0.601. The minimum Gasteiger partial charge on any atom is -0.493 e. The Hall–Kier alpha value is -2.36. The maximum atomic E-state index is 12.7. The molecular formula is C18H20N2O5S2. The van der Waals surface area contributed by atoms with Crippen LogP contribution in [-0.2, 0) is 21.3 Å². The van der Waals surface area contributed by atoms with Gasteiger partial charge in [0.25, 0.3) is 10.0 Å². The van der Waals surface area contributed by atoms with Gasteiger partial charge in [0.1, 0.15) is 0 Å². The van der Waals surface area contributed by atoms with Crippen molar-refractivity contribution < 1.29 is 22.6 Å². The molecule has 0 aliphatic heterocycles. The molecule has 0 saturated carbocycles. The van der Waals surface area contributed by atoms with Crippen LogP contribution in [0.1, 0.15) is 0 Å². The smallest absolute Gasteiger partial charge is 0.285 e. The maximum absolute atomic E-state index is 12.7. The lowest BCUT2D eigenvalue weighted by Gasteiger charge is -2.09. The number of hydrogen-bond donors (Lipinski definition) is 0. The van der Waals surface area contributed by atoms with Crippen molar-refractivity contribution in [1.29, 1.82) is 0 Å². The largest absolute Gasteiger partial charge is 0.493 e.